The summed E-state index contributed by atoms with van der Waals surface area (Å²) in [4.78, 5) is 39.8. The molecule has 19 nitrogen and oxygen atoms in total. The second-order valence-corrected chi connectivity index (χ2v) is 21.8. The first-order valence-electron chi connectivity index (χ1n) is 21.1. The molecule has 0 atom stereocenters. The molecule has 4 N–H and O–H groups in total. The number of allylic oxidation sites excluding steroid dienone is 8. The summed E-state index contributed by atoms with van der Waals surface area (Å²) >= 11 is 1.78. The van der Waals surface area contributed by atoms with Gasteiger partial charge in [-0.25, -0.2) is 23.2 Å². The van der Waals surface area contributed by atoms with E-state index >= 15 is 0 Å². The average molecular weight is 1010 g/mol. The van der Waals surface area contributed by atoms with Crippen molar-refractivity contribution in [3.8, 4) is 0 Å². The Morgan fingerprint density at radius 3 is 2.25 bits per heavy atom. The van der Waals surface area contributed by atoms with Crippen LogP contribution in [-0.4, -0.2) is 120 Å². The quantitative estimate of drug-likeness (QED) is 0.0123. The Balaban J connectivity index is 1.29. The number of anilines is 1. The highest BCUT2D eigenvalue weighted by molar-refractivity contribution is 7.94. The van der Waals surface area contributed by atoms with Crippen LogP contribution >= 0.6 is 24.1 Å². The smallest absolute Gasteiger partial charge is 0.265 e. The zero-order valence-corrected chi connectivity index (χ0v) is 41.0. The van der Waals surface area contributed by atoms with E-state index in [-0.39, 0.29) is 49.7 Å². The van der Waals surface area contributed by atoms with Gasteiger partial charge >= 0.3 is 0 Å². The van der Waals surface area contributed by atoms with Gasteiger partial charge in [-0.05, 0) is 68.7 Å². The van der Waals surface area contributed by atoms with Gasteiger partial charge in [0.2, 0.25) is 21.6 Å². The van der Waals surface area contributed by atoms with Gasteiger partial charge in [0.05, 0.1) is 28.1 Å². The normalized spacial score (nSPS) is 17.5. The molecule has 3 aliphatic rings. The minimum atomic E-state index is -4.16. The number of imide groups is 1. The number of hydrogen-bond donors (Lipinski definition) is 4. The molecule has 0 saturated heterocycles. The minimum Gasteiger partial charge on any atom is -0.354 e. The Kier molecular flexibility index (Phi) is 18.9. The summed E-state index contributed by atoms with van der Waals surface area (Å²) in [6.07, 6.45) is 16.7. The first kappa shape index (κ1) is 53.5. The molecule has 67 heavy (non-hydrogen) atoms. The number of sulfonamides is 1. The molecule has 5 rings (SSSR count). The fourth-order valence-electron chi connectivity index (χ4n) is 8.10. The van der Waals surface area contributed by atoms with Crippen molar-refractivity contribution in [2.24, 2.45) is 0 Å². The Morgan fingerprint density at radius 1 is 0.851 bits per heavy atom. The lowest BCUT2D eigenvalue weighted by Gasteiger charge is -2.27. The first-order valence-corrected chi connectivity index (χ1v) is 25.8. The van der Waals surface area contributed by atoms with Crippen molar-refractivity contribution in [1.29, 1.82) is 0 Å². The van der Waals surface area contributed by atoms with Gasteiger partial charge < -0.3 is 10.2 Å². The largest absolute Gasteiger partial charge is 0.354 e. The summed E-state index contributed by atoms with van der Waals surface area (Å²) in [6.45, 7) is 9.16. The van der Waals surface area contributed by atoms with Crippen molar-refractivity contribution in [2.75, 3.05) is 56.2 Å². The number of hydrogen-bond acceptors (Lipinski definition) is 16. The molecule has 0 aliphatic carbocycles. The van der Waals surface area contributed by atoms with Gasteiger partial charge in [0.15, 0.2) is 5.71 Å². The Labute approximate surface area is 399 Å². The number of nitrogens with one attached hydrogen (secondary N) is 1. The van der Waals surface area contributed by atoms with Crippen LogP contribution in [0, 0.1) is 0 Å². The van der Waals surface area contributed by atoms with Gasteiger partial charge in [0.1, 0.15) is 6.54 Å². The molecule has 0 fully saturated rings. The molecule has 23 heteroatoms. The second kappa shape index (κ2) is 23.7. The van der Waals surface area contributed by atoms with E-state index in [1.807, 2.05) is 86.9 Å². The maximum Gasteiger partial charge on any atom is 0.265 e. The molecule has 364 valence electrons. The number of rotatable bonds is 26. The van der Waals surface area contributed by atoms with E-state index in [1.165, 1.54) is 23.5 Å². The summed E-state index contributed by atoms with van der Waals surface area (Å²) in [5.74, 6) is -1.11. The molecule has 3 aliphatic heterocycles. The topological polar surface area (TPSA) is 242 Å². The highest BCUT2D eigenvalue weighted by atomic mass is 32.2. The molecule has 0 bridgehead atoms. The molecular formula is C44H56N5O14S4+. The third-order valence-corrected chi connectivity index (χ3v) is 15.3. The van der Waals surface area contributed by atoms with Crippen molar-refractivity contribution >= 4 is 79.0 Å². The van der Waals surface area contributed by atoms with Crippen molar-refractivity contribution in [3.05, 3.63) is 108 Å². The predicted molar refractivity (Wildman–Crippen MR) is 253 cm³/mol. The summed E-state index contributed by atoms with van der Waals surface area (Å²) in [5.41, 5.74) is 4.07. The standard InChI is InChI=1S/C44H55N5O14S4/c1-43(2)34-30-32(65-63-61-54)17-19-36(34)48(26-13-29-66(55,56)57)38(43)14-9-7-6-8-10-15-39-44(3,4)35-31-33(18-20-37(35)47(39)25-12-28-64-62-60-53)67(58,59)46(5)24-11-16-40(50)45-23-27-49-41(51)21-22-42(49)52/h6-10,14-15,17-22,30-31H,11-13,16,23-29H2,1-5H3,(H3-,45,50,53,54,55,56,57)/p+1. The molecule has 3 amide bonds. The number of benzene rings is 2. The van der Waals surface area contributed by atoms with Gasteiger partial charge in [0, 0.05) is 115 Å². The minimum absolute atomic E-state index is 0.0390. The molecule has 2 aromatic rings. The molecule has 0 saturated carbocycles. The molecule has 0 radical (unpaired) electrons. The van der Waals surface area contributed by atoms with Crippen LogP contribution in [0.1, 0.15) is 64.5 Å². The molecular weight excluding hydrogens is 951 g/mol. The Hall–Kier alpha value is -4.50. The molecule has 0 spiro atoms. The second-order valence-electron chi connectivity index (χ2n) is 16.6. The van der Waals surface area contributed by atoms with Gasteiger partial charge in [-0.2, -0.15) is 13.0 Å². The van der Waals surface area contributed by atoms with E-state index in [0.29, 0.717) is 30.2 Å². The maximum atomic E-state index is 13.9. The molecule has 3 heterocycles. The fraction of sp³-hybridized carbons (Fsp3) is 0.409. The zero-order chi connectivity index (χ0) is 49.0. The van der Waals surface area contributed by atoms with Crippen molar-refractivity contribution in [3.63, 3.8) is 0 Å². The third-order valence-electron chi connectivity index (χ3n) is 11.5. The lowest BCUT2D eigenvalue weighted by atomic mass is 9.81. The van der Waals surface area contributed by atoms with E-state index in [4.69, 9.17) is 10.5 Å². The van der Waals surface area contributed by atoms with Gasteiger partial charge in [-0.15, -0.1) is 8.67 Å². The lowest BCUT2D eigenvalue weighted by Crippen LogP contribution is -2.38. The van der Waals surface area contributed by atoms with Crippen LogP contribution in [0.15, 0.2) is 107 Å². The SMILES string of the molecule is CN(CCCC(=O)NCCN1C(=O)C=CC1=O)S(=O)(=O)c1ccc2c(c1)C(C)(C)\C(=C/C=C/C=C/C=C/C1=[N+](CCCS(=O)(=O)O)c3ccc(SOOO)cc3C1(C)C)N2CCCSOOO. The summed E-state index contributed by atoms with van der Waals surface area (Å²) in [7, 11) is -6.66. The molecule has 2 aromatic carbocycles. The highest BCUT2D eigenvalue weighted by Gasteiger charge is 2.45. The Morgan fingerprint density at radius 2 is 1.55 bits per heavy atom. The maximum absolute atomic E-state index is 13.9. The van der Waals surface area contributed by atoms with Crippen LogP contribution in [0.5, 0.6) is 0 Å². The summed E-state index contributed by atoms with van der Waals surface area (Å²) in [6, 6.07) is 10.6. The highest BCUT2D eigenvalue weighted by Crippen LogP contribution is 2.49. The summed E-state index contributed by atoms with van der Waals surface area (Å²) < 4.78 is 72.6. The van der Waals surface area contributed by atoms with Crippen LogP contribution in [0.25, 0.3) is 0 Å². The van der Waals surface area contributed by atoms with Crippen LogP contribution in [0.2, 0.25) is 0 Å². The molecule has 0 unspecified atom stereocenters. The predicted octanol–water partition coefficient (Wildman–Crippen LogP) is 6.02. The average Bonchev–Trinajstić information content (AvgIpc) is 3.79. The van der Waals surface area contributed by atoms with Crippen LogP contribution in [-0.2, 0) is 64.1 Å². The number of amides is 3. The van der Waals surface area contributed by atoms with Gasteiger partial charge in [0.25, 0.3) is 21.9 Å². The summed E-state index contributed by atoms with van der Waals surface area (Å²) in [5, 5.41) is 27.4. The molecule has 0 aromatic heterocycles. The Bertz CT molecular complexity index is 2550. The number of nitrogens with zero attached hydrogens (tertiary/aromatic N) is 4. The van der Waals surface area contributed by atoms with E-state index in [1.54, 1.807) is 24.3 Å². The van der Waals surface area contributed by atoms with Crippen molar-refractivity contribution in [2.45, 2.75) is 74.0 Å². The van der Waals surface area contributed by atoms with Crippen LogP contribution in [0.4, 0.5) is 11.4 Å². The number of carbonyl (C=O) groups is 3. The van der Waals surface area contributed by atoms with Crippen LogP contribution in [0.3, 0.4) is 0 Å². The van der Waals surface area contributed by atoms with E-state index < -0.39 is 48.5 Å². The first-order chi connectivity index (χ1) is 31.7. The van der Waals surface area contributed by atoms with Gasteiger partial charge in [-0.1, -0.05) is 54.3 Å². The van der Waals surface area contributed by atoms with E-state index in [2.05, 4.69) is 29.0 Å². The van der Waals surface area contributed by atoms with E-state index in [9.17, 15) is 35.8 Å². The van der Waals surface area contributed by atoms with Crippen molar-refractivity contribution in [1.82, 2.24) is 14.5 Å². The van der Waals surface area contributed by atoms with Crippen LogP contribution < -0.4 is 10.2 Å². The lowest BCUT2D eigenvalue weighted by molar-refractivity contribution is -0.437. The number of carbonyl (C=O) groups excluding carboxylic acids is 3. The van der Waals surface area contributed by atoms with Gasteiger partial charge in [-0.3, -0.25) is 23.8 Å². The monoisotopic (exact) mass is 1010 g/mol. The number of fused-ring (bicyclic) bond motifs is 2. The third kappa shape index (κ3) is 13.6. The fourth-order valence-corrected chi connectivity index (χ4v) is 10.6. The zero-order valence-electron chi connectivity index (χ0n) is 37.7. The van der Waals surface area contributed by atoms with E-state index in [0.717, 1.165) is 62.9 Å². The van der Waals surface area contributed by atoms with Crippen molar-refractivity contribution < 1.29 is 69.6 Å².